The van der Waals surface area contributed by atoms with Crippen molar-refractivity contribution in [3.05, 3.63) is 0 Å². The van der Waals surface area contributed by atoms with E-state index in [1.807, 2.05) is 4.72 Å². The minimum atomic E-state index is -3.63. The molecule has 0 saturated carbocycles. The Morgan fingerprint density at radius 2 is 2.14 bits per heavy atom. The van der Waals surface area contributed by atoms with Crippen LogP contribution in [-0.4, -0.2) is 15.5 Å². The SMILES string of the molecule is CNS(=O)(=O)ON. The smallest absolute Gasteiger partial charge is 0.196 e. The molecule has 0 unspecified atom stereocenters. The molecule has 3 N–H and O–H groups in total. The molecule has 0 aliphatic rings. The Labute approximate surface area is 41.7 Å². The first-order chi connectivity index (χ1) is 3.12. The minimum Gasteiger partial charge on any atom is -0.196 e. The van der Waals surface area contributed by atoms with Crippen LogP contribution >= 0.6 is 0 Å². The molecule has 0 fully saturated rings. The number of nitrogens with one attached hydrogen (secondary N) is 1. The number of hydrogen-bond acceptors (Lipinski definition) is 4. The van der Waals surface area contributed by atoms with Gasteiger partial charge in [-0.25, -0.2) is 0 Å². The maximum atomic E-state index is 9.91. The van der Waals surface area contributed by atoms with Gasteiger partial charge in [-0.3, -0.25) is 0 Å². The van der Waals surface area contributed by atoms with Gasteiger partial charge < -0.3 is 0 Å². The average molecular weight is 126 g/mol. The van der Waals surface area contributed by atoms with E-state index < -0.39 is 10.3 Å². The number of hydrogen-bond donors (Lipinski definition) is 2. The molecule has 0 aliphatic heterocycles. The van der Waals surface area contributed by atoms with Gasteiger partial charge in [-0.2, -0.15) is 23.3 Å². The van der Waals surface area contributed by atoms with Gasteiger partial charge >= 0.3 is 10.3 Å². The molecule has 0 saturated heterocycles. The molecule has 0 aromatic rings. The highest BCUT2D eigenvalue weighted by Gasteiger charge is 1.99. The van der Waals surface area contributed by atoms with E-state index in [-0.39, 0.29) is 0 Å². The standard InChI is InChI=1S/CH6N2O3S/c1-3-7(4,5)6-2/h3H,2H2,1H3. The van der Waals surface area contributed by atoms with Crippen molar-refractivity contribution in [3.63, 3.8) is 0 Å². The second-order valence-electron chi connectivity index (χ2n) is 0.754. The largest absolute Gasteiger partial charge is 0.351 e. The number of nitrogens with two attached hydrogens (primary N) is 1. The average Bonchev–Trinajstić information content (AvgIpc) is 1.68. The monoisotopic (exact) mass is 126 g/mol. The first-order valence-electron chi connectivity index (χ1n) is 1.44. The molecule has 5 nitrogen and oxygen atoms in total. The second-order valence-corrected chi connectivity index (χ2v) is 2.26. The summed E-state index contributed by atoms with van der Waals surface area (Å²) in [5, 5.41) is 0. The van der Waals surface area contributed by atoms with E-state index in [0.717, 1.165) is 0 Å². The van der Waals surface area contributed by atoms with Gasteiger partial charge in [-0.05, 0) is 0 Å². The predicted octanol–water partition coefficient (Wildman–Crippen LogP) is -1.66. The zero-order chi connectivity index (χ0) is 5.91. The third-order valence-electron chi connectivity index (χ3n) is 0.377. The van der Waals surface area contributed by atoms with Crippen LogP contribution in [0.5, 0.6) is 0 Å². The van der Waals surface area contributed by atoms with Crippen LogP contribution in [0, 0.1) is 0 Å². The molecule has 0 spiro atoms. The Morgan fingerprint density at radius 3 is 2.14 bits per heavy atom. The van der Waals surface area contributed by atoms with Crippen molar-refractivity contribution >= 4 is 10.3 Å². The van der Waals surface area contributed by atoms with Crippen LogP contribution in [0.25, 0.3) is 0 Å². The van der Waals surface area contributed by atoms with E-state index in [2.05, 4.69) is 10.2 Å². The summed E-state index contributed by atoms with van der Waals surface area (Å²) in [6, 6.07) is 0. The summed E-state index contributed by atoms with van der Waals surface area (Å²) in [4.78, 5) is 0. The van der Waals surface area contributed by atoms with Crippen molar-refractivity contribution in [1.82, 2.24) is 4.72 Å². The lowest BCUT2D eigenvalue weighted by Crippen LogP contribution is -2.24. The van der Waals surface area contributed by atoms with E-state index in [1.165, 1.54) is 7.05 Å². The third-order valence-corrected chi connectivity index (χ3v) is 1.13. The molecule has 0 rings (SSSR count). The Bertz CT molecular complexity index is 116. The fourth-order valence-corrected chi connectivity index (χ4v) is 0.144. The Kier molecular flexibility index (Phi) is 2.16. The van der Waals surface area contributed by atoms with Gasteiger partial charge in [0.05, 0.1) is 0 Å². The second kappa shape index (κ2) is 2.22. The van der Waals surface area contributed by atoms with Gasteiger partial charge in [0.1, 0.15) is 0 Å². The first-order valence-corrected chi connectivity index (χ1v) is 2.85. The first kappa shape index (κ1) is 6.83. The fourth-order valence-electron chi connectivity index (χ4n) is 0.0481. The fraction of sp³-hybridized carbons (Fsp3) is 1.00. The van der Waals surface area contributed by atoms with Crippen molar-refractivity contribution in [2.75, 3.05) is 7.05 Å². The molecule has 0 aliphatic carbocycles. The molecule has 0 aromatic heterocycles. The van der Waals surface area contributed by atoms with Crippen LogP contribution in [0.4, 0.5) is 0 Å². The number of rotatable bonds is 2. The molecule has 44 valence electrons. The van der Waals surface area contributed by atoms with E-state index in [4.69, 9.17) is 0 Å². The zero-order valence-electron chi connectivity index (χ0n) is 3.71. The summed E-state index contributed by atoms with van der Waals surface area (Å²) in [6.45, 7) is 0. The summed E-state index contributed by atoms with van der Waals surface area (Å²) < 4.78 is 25.1. The Balaban J connectivity index is 3.89. The van der Waals surface area contributed by atoms with Crippen LogP contribution in [0.3, 0.4) is 0 Å². The van der Waals surface area contributed by atoms with Crippen LogP contribution in [-0.2, 0) is 14.6 Å². The summed E-state index contributed by atoms with van der Waals surface area (Å²) in [7, 11) is -2.43. The van der Waals surface area contributed by atoms with Crippen LogP contribution in [0.2, 0.25) is 0 Å². The molecule has 6 heteroatoms. The topological polar surface area (TPSA) is 81.4 Å². The maximum Gasteiger partial charge on any atom is 0.351 e. The lowest BCUT2D eigenvalue weighted by Gasteiger charge is -1.92. The summed E-state index contributed by atoms with van der Waals surface area (Å²) in [5.74, 6) is 4.27. The normalized spacial score (nSPS) is 11.7. The molecule has 0 heterocycles. The van der Waals surface area contributed by atoms with E-state index >= 15 is 0 Å². The van der Waals surface area contributed by atoms with Crippen molar-refractivity contribution in [1.29, 1.82) is 0 Å². The predicted molar refractivity (Wildman–Crippen MR) is 23.3 cm³/mol. The molecule has 0 aromatic carbocycles. The third kappa shape index (κ3) is 2.52. The molecular formula is CH6N2O3S. The van der Waals surface area contributed by atoms with Crippen molar-refractivity contribution < 1.29 is 12.7 Å². The van der Waals surface area contributed by atoms with Crippen LogP contribution in [0.15, 0.2) is 0 Å². The Morgan fingerprint density at radius 1 is 1.71 bits per heavy atom. The zero-order valence-corrected chi connectivity index (χ0v) is 4.53. The molecule has 0 bridgehead atoms. The lowest BCUT2D eigenvalue weighted by atomic mass is 11.6. The van der Waals surface area contributed by atoms with Crippen molar-refractivity contribution in [2.24, 2.45) is 5.90 Å². The van der Waals surface area contributed by atoms with Gasteiger partial charge in [0, 0.05) is 7.05 Å². The lowest BCUT2D eigenvalue weighted by molar-refractivity contribution is 0.327. The highest BCUT2D eigenvalue weighted by Crippen LogP contribution is 1.72. The summed E-state index contributed by atoms with van der Waals surface area (Å²) in [5.41, 5.74) is 0. The minimum absolute atomic E-state index is 1.20. The maximum absolute atomic E-state index is 9.91. The van der Waals surface area contributed by atoms with Crippen molar-refractivity contribution in [3.8, 4) is 0 Å². The van der Waals surface area contributed by atoms with Gasteiger partial charge in [0.25, 0.3) is 0 Å². The highest BCUT2D eigenvalue weighted by atomic mass is 32.2. The van der Waals surface area contributed by atoms with Crippen molar-refractivity contribution in [2.45, 2.75) is 0 Å². The Hall–Kier alpha value is -0.170. The summed E-state index contributed by atoms with van der Waals surface area (Å²) >= 11 is 0. The highest BCUT2D eigenvalue weighted by molar-refractivity contribution is 7.84. The molecule has 7 heavy (non-hydrogen) atoms. The van der Waals surface area contributed by atoms with Gasteiger partial charge in [-0.1, -0.05) is 0 Å². The summed E-state index contributed by atoms with van der Waals surface area (Å²) in [6.07, 6.45) is 0. The van der Waals surface area contributed by atoms with E-state index in [1.54, 1.807) is 0 Å². The van der Waals surface area contributed by atoms with E-state index in [9.17, 15) is 8.42 Å². The molecule has 0 amide bonds. The molecule has 0 atom stereocenters. The van der Waals surface area contributed by atoms with Crippen LogP contribution < -0.4 is 10.6 Å². The van der Waals surface area contributed by atoms with E-state index in [0.29, 0.717) is 0 Å². The van der Waals surface area contributed by atoms with Gasteiger partial charge in [0.2, 0.25) is 0 Å². The molecule has 0 radical (unpaired) electrons. The molecular weight excluding hydrogens is 120 g/mol. The van der Waals surface area contributed by atoms with Gasteiger partial charge in [0.15, 0.2) is 0 Å². The van der Waals surface area contributed by atoms with Crippen LogP contribution in [0.1, 0.15) is 0 Å². The quantitative estimate of drug-likeness (QED) is 0.434. The van der Waals surface area contributed by atoms with Gasteiger partial charge in [-0.15, -0.1) is 0 Å².